The Morgan fingerprint density at radius 2 is 2.10 bits per heavy atom. The first-order chi connectivity index (χ1) is 10.2. The Morgan fingerprint density at radius 1 is 1.33 bits per heavy atom. The lowest BCUT2D eigenvalue weighted by atomic mass is 10.0. The van der Waals surface area contributed by atoms with Gasteiger partial charge in [0.05, 0.1) is 5.92 Å². The van der Waals surface area contributed by atoms with Gasteiger partial charge in [-0.3, -0.25) is 4.79 Å². The zero-order valence-electron chi connectivity index (χ0n) is 12.9. The standard InChI is InChI=1S/C17H27N3O/c1-20(13-14-7-3-2-4-8-14)12-6-11-19-17(21)15-9-5-10-16(15)18/h2-4,7-8,15-16H,5-6,9-13,18H2,1H3,(H,19,21). The zero-order valence-corrected chi connectivity index (χ0v) is 12.9. The lowest BCUT2D eigenvalue weighted by Crippen LogP contribution is -2.39. The third kappa shape index (κ3) is 5.14. The van der Waals surface area contributed by atoms with Crippen molar-refractivity contribution in [3.8, 4) is 0 Å². The monoisotopic (exact) mass is 289 g/mol. The van der Waals surface area contributed by atoms with E-state index in [4.69, 9.17) is 5.73 Å². The summed E-state index contributed by atoms with van der Waals surface area (Å²) in [6, 6.07) is 10.5. The number of nitrogens with two attached hydrogens (primary N) is 1. The molecule has 2 unspecified atom stereocenters. The molecule has 1 saturated carbocycles. The Labute approximate surface area is 127 Å². The van der Waals surface area contributed by atoms with Crippen LogP contribution in [0.25, 0.3) is 0 Å². The number of carbonyl (C=O) groups excluding carboxylic acids is 1. The molecular formula is C17H27N3O. The first kappa shape index (κ1) is 16.0. The van der Waals surface area contributed by atoms with Crippen LogP contribution >= 0.6 is 0 Å². The number of hydrogen-bond acceptors (Lipinski definition) is 3. The highest BCUT2D eigenvalue weighted by Gasteiger charge is 2.29. The Kier molecular flexibility index (Phi) is 6.21. The summed E-state index contributed by atoms with van der Waals surface area (Å²) in [4.78, 5) is 14.3. The Hall–Kier alpha value is -1.39. The molecule has 1 fully saturated rings. The minimum absolute atomic E-state index is 0.0343. The van der Waals surface area contributed by atoms with Crippen molar-refractivity contribution >= 4 is 5.91 Å². The van der Waals surface area contributed by atoms with E-state index in [0.717, 1.165) is 45.3 Å². The molecule has 2 rings (SSSR count). The number of rotatable bonds is 7. The van der Waals surface area contributed by atoms with Crippen molar-refractivity contribution < 1.29 is 4.79 Å². The topological polar surface area (TPSA) is 58.4 Å². The van der Waals surface area contributed by atoms with Gasteiger partial charge in [0.15, 0.2) is 0 Å². The van der Waals surface area contributed by atoms with Gasteiger partial charge >= 0.3 is 0 Å². The van der Waals surface area contributed by atoms with E-state index in [0.29, 0.717) is 0 Å². The van der Waals surface area contributed by atoms with Crippen molar-refractivity contribution in [2.75, 3.05) is 20.1 Å². The maximum atomic E-state index is 12.0. The number of nitrogens with one attached hydrogen (secondary N) is 1. The minimum Gasteiger partial charge on any atom is -0.356 e. The average Bonchev–Trinajstić information content (AvgIpc) is 2.91. The minimum atomic E-state index is 0.0343. The molecule has 0 spiro atoms. The highest BCUT2D eigenvalue weighted by atomic mass is 16.1. The predicted molar refractivity (Wildman–Crippen MR) is 85.7 cm³/mol. The lowest BCUT2D eigenvalue weighted by molar-refractivity contribution is -0.125. The number of hydrogen-bond donors (Lipinski definition) is 2. The molecule has 1 amide bonds. The second-order valence-electron chi connectivity index (χ2n) is 6.07. The fraction of sp³-hybridized carbons (Fsp3) is 0.588. The second kappa shape index (κ2) is 8.15. The summed E-state index contributed by atoms with van der Waals surface area (Å²) in [6.45, 7) is 2.66. The van der Waals surface area contributed by atoms with Crippen LogP contribution in [0.2, 0.25) is 0 Å². The van der Waals surface area contributed by atoms with Crippen LogP contribution in [0.4, 0.5) is 0 Å². The Bertz CT molecular complexity index is 435. The molecule has 1 aromatic carbocycles. The zero-order chi connectivity index (χ0) is 15.1. The summed E-state index contributed by atoms with van der Waals surface area (Å²) in [5.41, 5.74) is 7.27. The summed E-state index contributed by atoms with van der Waals surface area (Å²) in [6.07, 6.45) is 3.98. The van der Waals surface area contributed by atoms with Crippen molar-refractivity contribution in [1.82, 2.24) is 10.2 Å². The first-order valence-corrected chi connectivity index (χ1v) is 7.92. The molecule has 1 aliphatic rings. The van der Waals surface area contributed by atoms with E-state index < -0.39 is 0 Å². The third-order valence-electron chi connectivity index (χ3n) is 4.22. The van der Waals surface area contributed by atoms with Crippen LogP contribution in [0, 0.1) is 5.92 Å². The van der Waals surface area contributed by atoms with Crippen LogP contribution < -0.4 is 11.1 Å². The van der Waals surface area contributed by atoms with Crippen molar-refractivity contribution in [2.24, 2.45) is 11.7 Å². The summed E-state index contributed by atoms with van der Waals surface area (Å²) >= 11 is 0. The van der Waals surface area contributed by atoms with Crippen molar-refractivity contribution in [1.29, 1.82) is 0 Å². The molecule has 0 radical (unpaired) electrons. The molecule has 4 heteroatoms. The van der Waals surface area contributed by atoms with Gasteiger partial charge in [0.2, 0.25) is 5.91 Å². The van der Waals surface area contributed by atoms with E-state index in [9.17, 15) is 4.79 Å². The van der Waals surface area contributed by atoms with Crippen molar-refractivity contribution in [2.45, 2.75) is 38.3 Å². The van der Waals surface area contributed by atoms with Crippen molar-refractivity contribution in [3.63, 3.8) is 0 Å². The van der Waals surface area contributed by atoms with Gasteiger partial charge < -0.3 is 16.0 Å². The molecule has 0 aromatic heterocycles. The summed E-state index contributed by atoms with van der Waals surface area (Å²) < 4.78 is 0. The van der Waals surface area contributed by atoms with Gasteiger partial charge in [-0.1, -0.05) is 36.8 Å². The van der Waals surface area contributed by atoms with Gasteiger partial charge in [-0.2, -0.15) is 0 Å². The van der Waals surface area contributed by atoms with E-state index in [1.807, 2.05) is 6.07 Å². The normalized spacial score (nSPS) is 21.7. The Morgan fingerprint density at radius 3 is 2.76 bits per heavy atom. The van der Waals surface area contributed by atoms with Gasteiger partial charge in [-0.05, 0) is 38.4 Å². The van der Waals surface area contributed by atoms with E-state index in [1.54, 1.807) is 0 Å². The molecule has 0 heterocycles. The molecule has 0 aliphatic heterocycles. The van der Waals surface area contributed by atoms with Gasteiger partial charge in [0.1, 0.15) is 0 Å². The number of nitrogens with zero attached hydrogens (tertiary/aromatic N) is 1. The molecule has 116 valence electrons. The van der Waals surface area contributed by atoms with E-state index >= 15 is 0 Å². The van der Waals surface area contributed by atoms with Crippen molar-refractivity contribution in [3.05, 3.63) is 35.9 Å². The highest BCUT2D eigenvalue weighted by molar-refractivity contribution is 5.79. The van der Waals surface area contributed by atoms with Crippen LogP contribution in [0.1, 0.15) is 31.2 Å². The van der Waals surface area contributed by atoms with Crippen LogP contribution in [0.15, 0.2) is 30.3 Å². The average molecular weight is 289 g/mol. The largest absolute Gasteiger partial charge is 0.356 e. The van der Waals surface area contributed by atoms with Crippen LogP contribution in [-0.2, 0) is 11.3 Å². The molecule has 4 nitrogen and oxygen atoms in total. The smallest absolute Gasteiger partial charge is 0.224 e. The molecule has 0 saturated heterocycles. The van der Waals surface area contributed by atoms with Crippen LogP contribution in [0.5, 0.6) is 0 Å². The molecule has 1 aromatic rings. The quantitative estimate of drug-likeness (QED) is 0.752. The summed E-state index contributed by atoms with van der Waals surface area (Å²) in [5.74, 6) is 0.178. The third-order valence-corrected chi connectivity index (χ3v) is 4.22. The van der Waals surface area contributed by atoms with E-state index in [-0.39, 0.29) is 17.9 Å². The molecule has 2 atom stereocenters. The first-order valence-electron chi connectivity index (χ1n) is 7.92. The number of benzene rings is 1. The summed E-state index contributed by atoms with van der Waals surface area (Å²) in [5, 5.41) is 3.03. The maximum absolute atomic E-state index is 12.0. The van der Waals surface area contributed by atoms with E-state index in [2.05, 4.69) is 41.5 Å². The highest BCUT2D eigenvalue weighted by Crippen LogP contribution is 2.23. The molecule has 1 aliphatic carbocycles. The summed E-state index contributed by atoms with van der Waals surface area (Å²) in [7, 11) is 2.11. The van der Waals surface area contributed by atoms with E-state index in [1.165, 1.54) is 5.56 Å². The predicted octanol–water partition coefficient (Wildman–Crippen LogP) is 1.75. The van der Waals surface area contributed by atoms with Crippen LogP contribution in [0.3, 0.4) is 0 Å². The molecule has 0 bridgehead atoms. The lowest BCUT2D eigenvalue weighted by Gasteiger charge is -2.18. The van der Waals surface area contributed by atoms with Gasteiger partial charge in [0, 0.05) is 19.1 Å². The Balaban J connectivity index is 1.60. The van der Waals surface area contributed by atoms with Gasteiger partial charge in [-0.25, -0.2) is 0 Å². The number of carbonyl (C=O) groups is 1. The maximum Gasteiger partial charge on any atom is 0.224 e. The molecular weight excluding hydrogens is 262 g/mol. The van der Waals surface area contributed by atoms with Gasteiger partial charge in [-0.15, -0.1) is 0 Å². The second-order valence-corrected chi connectivity index (χ2v) is 6.07. The van der Waals surface area contributed by atoms with Crippen LogP contribution in [-0.4, -0.2) is 37.0 Å². The SMILES string of the molecule is CN(CCCNC(=O)C1CCCC1N)Cc1ccccc1. The number of amides is 1. The molecule has 21 heavy (non-hydrogen) atoms. The molecule has 3 N–H and O–H groups in total. The van der Waals surface area contributed by atoms with Gasteiger partial charge in [0.25, 0.3) is 0 Å². The fourth-order valence-corrected chi connectivity index (χ4v) is 2.98. The fourth-order valence-electron chi connectivity index (χ4n) is 2.98.